The van der Waals surface area contributed by atoms with Gasteiger partial charge in [0, 0.05) is 5.56 Å². The first kappa shape index (κ1) is 12.5. The summed E-state index contributed by atoms with van der Waals surface area (Å²) in [5, 5.41) is 21.1. The number of aliphatic carboxylic acids is 1. The summed E-state index contributed by atoms with van der Waals surface area (Å²) >= 11 is 0. The first-order chi connectivity index (χ1) is 10.2. The second kappa shape index (κ2) is 4.38. The Morgan fingerprint density at radius 1 is 1.29 bits per heavy atom. The maximum absolute atomic E-state index is 11.3. The Bertz CT molecular complexity index is 718. The van der Waals surface area contributed by atoms with E-state index in [0.29, 0.717) is 25.2 Å². The van der Waals surface area contributed by atoms with Crippen LogP contribution in [0, 0.1) is 5.41 Å². The third-order valence-corrected chi connectivity index (χ3v) is 4.65. The van der Waals surface area contributed by atoms with E-state index < -0.39 is 11.4 Å². The summed E-state index contributed by atoms with van der Waals surface area (Å²) in [5.41, 5.74) is 3.08. The predicted molar refractivity (Wildman–Crippen MR) is 74.6 cm³/mol. The zero-order valence-corrected chi connectivity index (χ0v) is 11.6. The molecular weight excluding hydrogens is 268 g/mol. The molecule has 4 rings (SSSR count). The predicted octanol–water partition coefficient (Wildman–Crippen LogP) is 1.69. The van der Waals surface area contributed by atoms with Gasteiger partial charge in [-0.3, -0.25) is 4.79 Å². The highest BCUT2D eigenvalue weighted by Gasteiger charge is 2.51. The van der Waals surface area contributed by atoms with Crippen LogP contribution in [-0.4, -0.2) is 31.3 Å². The number of rotatable bonds is 4. The highest BCUT2D eigenvalue weighted by atomic mass is 16.4. The molecule has 0 bridgehead atoms. The SMILES string of the molecule is O=C(O)C1(Cn2nnnc2-c2ccc3c(c2)CCC3)CC1. The quantitative estimate of drug-likeness (QED) is 0.924. The largest absolute Gasteiger partial charge is 0.481 e. The van der Waals surface area contributed by atoms with Gasteiger partial charge in [-0.1, -0.05) is 12.1 Å². The van der Waals surface area contributed by atoms with Gasteiger partial charge in [0.15, 0.2) is 5.82 Å². The van der Waals surface area contributed by atoms with Gasteiger partial charge < -0.3 is 5.11 Å². The van der Waals surface area contributed by atoms with Gasteiger partial charge in [0.1, 0.15) is 0 Å². The molecule has 0 atom stereocenters. The standard InChI is InChI=1S/C15H16N4O2/c20-14(21)15(6-7-15)9-19-13(16-17-18-19)12-5-4-10-2-1-3-11(10)8-12/h4-5,8H,1-3,6-7,9H2,(H,20,21). The molecule has 0 saturated heterocycles. The average Bonchev–Trinajstić information content (AvgIpc) is 2.91. The molecule has 1 aromatic carbocycles. The molecule has 0 unspecified atom stereocenters. The van der Waals surface area contributed by atoms with Gasteiger partial charge in [-0.05, 0) is 59.7 Å². The van der Waals surface area contributed by atoms with Crippen molar-refractivity contribution in [2.24, 2.45) is 5.41 Å². The molecule has 1 aromatic heterocycles. The molecule has 2 aliphatic carbocycles. The van der Waals surface area contributed by atoms with Crippen molar-refractivity contribution >= 4 is 5.97 Å². The van der Waals surface area contributed by atoms with Gasteiger partial charge in [0.2, 0.25) is 0 Å². The van der Waals surface area contributed by atoms with Crippen LogP contribution in [0.1, 0.15) is 30.4 Å². The van der Waals surface area contributed by atoms with Crippen molar-refractivity contribution in [1.29, 1.82) is 0 Å². The number of aromatic nitrogens is 4. The number of carboxylic acids is 1. The lowest BCUT2D eigenvalue weighted by molar-refractivity contribution is -0.144. The summed E-state index contributed by atoms with van der Waals surface area (Å²) in [6.45, 7) is 0.349. The minimum Gasteiger partial charge on any atom is -0.481 e. The van der Waals surface area contributed by atoms with Crippen LogP contribution in [0.4, 0.5) is 0 Å². The Morgan fingerprint density at radius 3 is 2.86 bits per heavy atom. The van der Waals surface area contributed by atoms with Crippen LogP contribution in [-0.2, 0) is 24.2 Å². The zero-order valence-electron chi connectivity index (χ0n) is 11.6. The molecule has 2 aromatic rings. The fourth-order valence-electron chi connectivity index (χ4n) is 3.11. The van der Waals surface area contributed by atoms with E-state index in [4.69, 9.17) is 0 Å². The van der Waals surface area contributed by atoms with E-state index >= 15 is 0 Å². The van der Waals surface area contributed by atoms with Crippen molar-refractivity contribution in [3.8, 4) is 11.4 Å². The van der Waals surface area contributed by atoms with Crippen LogP contribution in [0.25, 0.3) is 11.4 Å². The molecule has 0 radical (unpaired) electrons. The second-order valence-corrected chi connectivity index (χ2v) is 6.08. The summed E-state index contributed by atoms with van der Waals surface area (Å²) in [6, 6.07) is 6.32. The van der Waals surface area contributed by atoms with E-state index in [1.54, 1.807) is 4.68 Å². The number of nitrogens with zero attached hydrogens (tertiary/aromatic N) is 4. The molecule has 2 aliphatic rings. The Morgan fingerprint density at radius 2 is 2.10 bits per heavy atom. The number of hydrogen-bond donors (Lipinski definition) is 1. The van der Waals surface area contributed by atoms with Crippen molar-refractivity contribution in [2.45, 2.75) is 38.6 Å². The van der Waals surface area contributed by atoms with Gasteiger partial charge in [-0.25, -0.2) is 4.68 Å². The molecule has 1 heterocycles. The molecule has 21 heavy (non-hydrogen) atoms. The normalized spacial score (nSPS) is 18.5. The number of benzene rings is 1. The summed E-state index contributed by atoms with van der Waals surface area (Å²) in [6.07, 6.45) is 4.84. The Labute approximate surface area is 121 Å². The molecule has 0 amide bonds. The van der Waals surface area contributed by atoms with E-state index in [1.807, 2.05) is 6.07 Å². The van der Waals surface area contributed by atoms with E-state index in [9.17, 15) is 9.90 Å². The van der Waals surface area contributed by atoms with Crippen LogP contribution < -0.4 is 0 Å². The van der Waals surface area contributed by atoms with E-state index in [2.05, 4.69) is 27.7 Å². The molecule has 108 valence electrons. The summed E-state index contributed by atoms with van der Waals surface area (Å²) < 4.78 is 1.64. The topological polar surface area (TPSA) is 80.9 Å². The molecular formula is C15H16N4O2. The lowest BCUT2D eigenvalue weighted by atomic mass is 10.1. The zero-order chi connectivity index (χ0) is 14.4. The number of fused-ring (bicyclic) bond motifs is 1. The number of carboxylic acid groups (broad SMARTS) is 1. The first-order valence-electron chi connectivity index (χ1n) is 7.30. The highest BCUT2D eigenvalue weighted by molar-refractivity contribution is 5.77. The van der Waals surface area contributed by atoms with Gasteiger partial charge >= 0.3 is 5.97 Å². The first-order valence-corrected chi connectivity index (χ1v) is 7.30. The van der Waals surface area contributed by atoms with E-state index in [0.717, 1.165) is 18.4 Å². The molecule has 6 heteroatoms. The van der Waals surface area contributed by atoms with E-state index in [-0.39, 0.29) is 0 Å². The molecule has 1 fully saturated rings. The van der Waals surface area contributed by atoms with Crippen molar-refractivity contribution in [1.82, 2.24) is 20.2 Å². The van der Waals surface area contributed by atoms with Crippen LogP contribution in [0.5, 0.6) is 0 Å². The number of carbonyl (C=O) groups is 1. The molecule has 6 nitrogen and oxygen atoms in total. The fraction of sp³-hybridized carbons (Fsp3) is 0.467. The van der Waals surface area contributed by atoms with Crippen molar-refractivity contribution in [3.63, 3.8) is 0 Å². The van der Waals surface area contributed by atoms with Gasteiger partial charge in [-0.15, -0.1) is 5.10 Å². The number of hydrogen-bond acceptors (Lipinski definition) is 4. The second-order valence-electron chi connectivity index (χ2n) is 6.08. The van der Waals surface area contributed by atoms with Crippen molar-refractivity contribution in [2.75, 3.05) is 0 Å². The Balaban J connectivity index is 1.67. The third kappa shape index (κ3) is 2.02. The van der Waals surface area contributed by atoms with Gasteiger partial charge in [-0.2, -0.15) is 0 Å². The van der Waals surface area contributed by atoms with Crippen LogP contribution in [0.15, 0.2) is 18.2 Å². The third-order valence-electron chi connectivity index (χ3n) is 4.65. The van der Waals surface area contributed by atoms with Crippen LogP contribution in [0.3, 0.4) is 0 Å². The van der Waals surface area contributed by atoms with E-state index in [1.165, 1.54) is 17.5 Å². The van der Waals surface area contributed by atoms with Crippen LogP contribution >= 0.6 is 0 Å². The molecule has 0 aliphatic heterocycles. The fourth-order valence-corrected chi connectivity index (χ4v) is 3.11. The summed E-state index contributed by atoms with van der Waals surface area (Å²) in [4.78, 5) is 11.3. The number of tetrazole rings is 1. The molecule has 0 spiro atoms. The monoisotopic (exact) mass is 284 g/mol. The molecule has 1 saturated carbocycles. The lowest BCUT2D eigenvalue weighted by Crippen LogP contribution is -2.22. The van der Waals surface area contributed by atoms with Crippen molar-refractivity contribution < 1.29 is 9.90 Å². The maximum Gasteiger partial charge on any atom is 0.311 e. The smallest absolute Gasteiger partial charge is 0.311 e. The average molecular weight is 284 g/mol. The summed E-state index contributed by atoms with van der Waals surface area (Å²) in [5.74, 6) is -0.0878. The van der Waals surface area contributed by atoms with Gasteiger partial charge in [0.25, 0.3) is 0 Å². The highest BCUT2D eigenvalue weighted by Crippen LogP contribution is 2.47. The lowest BCUT2D eigenvalue weighted by Gasteiger charge is -2.11. The molecule has 1 N–H and O–H groups in total. The minimum atomic E-state index is -0.752. The van der Waals surface area contributed by atoms with Gasteiger partial charge in [0.05, 0.1) is 12.0 Å². The van der Waals surface area contributed by atoms with Crippen molar-refractivity contribution in [3.05, 3.63) is 29.3 Å². The Hall–Kier alpha value is -2.24. The van der Waals surface area contributed by atoms with Crippen LogP contribution in [0.2, 0.25) is 0 Å². The summed E-state index contributed by atoms with van der Waals surface area (Å²) in [7, 11) is 0. The number of aryl methyl sites for hydroxylation is 2. The Kier molecular flexibility index (Phi) is 2.60. The minimum absolute atomic E-state index is 0.349. The maximum atomic E-state index is 11.3.